The highest BCUT2D eigenvalue weighted by molar-refractivity contribution is 5.80. The van der Waals surface area contributed by atoms with Gasteiger partial charge < -0.3 is 15.7 Å². The van der Waals surface area contributed by atoms with E-state index in [2.05, 4.69) is 4.99 Å². The average molecular weight is 369 g/mol. The van der Waals surface area contributed by atoms with E-state index >= 15 is 0 Å². The Kier molecular flexibility index (Phi) is 5.22. The van der Waals surface area contributed by atoms with Crippen molar-refractivity contribution in [1.82, 2.24) is 4.90 Å². The third kappa shape index (κ3) is 4.56. The summed E-state index contributed by atoms with van der Waals surface area (Å²) in [4.78, 5) is 5.43. The Morgan fingerprint density at radius 3 is 2.12 bits per heavy atom. The van der Waals surface area contributed by atoms with Crippen LogP contribution in [0.15, 0.2) is 23.2 Å². The second-order valence-corrected chi connectivity index (χ2v) is 5.86. The van der Waals surface area contributed by atoms with Crippen molar-refractivity contribution in [1.29, 1.82) is 0 Å². The summed E-state index contributed by atoms with van der Waals surface area (Å²) >= 11 is 0. The van der Waals surface area contributed by atoms with Gasteiger partial charge in [0.05, 0.1) is 29.8 Å². The monoisotopic (exact) mass is 369 g/mol. The Morgan fingerprint density at radius 2 is 1.68 bits per heavy atom. The first kappa shape index (κ1) is 19.4. The van der Waals surface area contributed by atoms with E-state index in [1.54, 1.807) is 0 Å². The van der Waals surface area contributed by atoms with Crippen molar-refractivity contribution in [2.24, 2.45) is 10.7 Å². The van der Waals surface area contributed by atoms with Gasteiger partial charge in [-0.25, -0.2) is 0 Å². The summed E-state index contributed by atoms with van der Waals surface area (Å²) < 4.78 is 77.1. The van der Waals surface area contributed by atoms with E-state index in [1.165, 1.54) is 11.8 Å². The molecule has 1 aromatic carbocycles. The van der Waals surface area contributed by atoms with Gasteiger partial charge in [0.1, 0.15) is 0 Å². The van der Waals surface area contributed by atoms with Crippen LogP contribution in [-0.2, 0) is 18.8 Å². The van der Waals surface area contributed by atoms with E-state index in [1.807, 2.05) is 0 Å². The van der Waals surface area contributed by atoms with E-state index in [0.717, 1.165) is 0 Å². The summed E-state index contributed by atoms with van der Waals surface area (Å²) in [6, 6.07) is 1.02. The maximum atomic E-state index is 12.9. The first-order valence-corrected chi connectivity index (χ1v) is 7.42. The molecule has 1 unspecified atom stereocenters. The molecular formula is C15H17F6N3O. The SMILES string of the molecule is CC(O)[C@H]1CN=C(N)N1CCc1cc(C(F)(F)F)cc(C(F)(F)F)c1. The van der Waals surface area contributed by atoms with Crippen molar-refractivity contribution in [3.63, 3.8) is 0 Å². The van der Waals surface area contributed by atoms with Gasteiger partial charge in [-0.15, -0.1) is 0 Å². The topological polar surface area (TPSA) is 61.9 Å². The molecule has 0 radical (unpaired) electrons. The van der Waals surface area contributed by atoms with Crippen molar-refractivity contribution in [3.8, 4) is 0 Å². The molecule has 0 amide bonds. The van der Waals surface area contributed by atoms with Gasteiger partial charge in [0, 0.05) is 6.54 Å². The molecule has 140 valence electrons. The highest BCUT2D eigenvalue weighted by atomic mass is 19.4. The number of nitrogens with zero attached hydrogens (tertiary/aromatic N) is 2. The molecule has 3 N–H and O–H groups in total. The van der Waals surface area contributed by atoms with Crippen LogP contribution in [0.3, 0.4) is 0 Å². The van der Waals surface area contributed by atoms with Crippen LogP contribution in [0.2, 0.25) is 0 Å². The second kappa shape index (κ2) is 6.74. The molecule has 0 aliphatic carbocycles. The fraction of sp³-hybridized carbons (Fsp3) is 0.533. The standard InChI is InChI=1S/C15H17F6N3O/c1-8(25)12-7-23-13(22)24(12)3-2-9-4-10(14(16,17)18)6-11(5-9)15(19,20)21/h4-6,8,12,25H,2-3,7H2,1H3,(H2,22,23)/t8?,12-/m1/s1. The molecule has 1 aliphatic heterocycles. The molecule has 10 heteroatoms. The van der Waals surface area contributed by atoms with Gasteiger partial charge in [0.25, 0.3) is 0 Å². The number of hydrogen-bond acceptors (Lipinski definition) is 4. The largest absolute Gasteiger partial charge is 0.416 e. The molecule has 1 aromatic rings. The molecule has 0 spiro atoms. The van der Waals surface area contributed by atoms with Gasteiger partial charge in [-0.05, 0) is 37.1 Å². The van der Waals surface area contributed by atoms with E-state index in [-0.39, 0.29) is 37.1 Å². The highest BCUT2D eigenvalue weighted by Gasteiger charge is 2.37. The van der Waals surface area contributed by atoms with Crippen molar-refractivity contribution in [2.45, 2.75) is 37.8 Å². The Hall–Kier alpha value is -1.97. The average Bonchev–Trinajstić information content (AvgIpc) is 2.84. The number of nitrogens with two attached hydrogens (primary N) is 1. The van der Waals surface area contributed by atoms with E-state index < -0.39 is 35.6 Å². The van der Waals surface area contributed by atoms with Crippen molar-refractivity contribution in [3.05, 3.63) is 34.9 Å². The van der Waals surface area contributed by atoms with Crippen LogP contribution in [0, 0.1) is 0 Å². The Bertz CT molecular complexity index is 621. The predicted octanol–water partition coefficient (Wildman–Crippen LogP) is 2.65. The van der Waals surface area contributed by atoms with Gasteiger partial charge in [0.2, 0.25) is 0 Å². The number of aliphatic hydroxyl groups is 1. The number of benzene rings is 1. The normalized spacial score (nSPS) is 19.9. The zero-order valence-corrected chi connectivity index (χ0v) is 13.2. The maximum absolute atomic E-state index is 12.9. The lowest BCUT2D eigenvalue weighted by atomic mass is 10.0. The number of rotatable bonds is 4. The summed E-state index contributed by atoms with van der Waals surface area (Å²) in [7, 11) is 0. The lowest BCUT2D eigenvalue weighted by molar-refractivity contribution is -0.143. The molecule has 0 bridgehead atoms. The van der Waals surface area contributed by atoms with Crippen LogP contribution in [0.4, 0.5) is 26.3 Å². The van der Waals surface area contributed by atoms with Crippen LogP contribution in [-0.4, -0.2) is 41.2 Å². The molecule has 0 saturated heterocycles. The van der Waals surface area contributed by atoms with Crippen LogP contribution in [0.5, 0.6) is 0 Å². The minimum Gasteiger partial charge on any atom is -0.391 e. The predicted molar refractivity (Wildman–Crippen MR) is 78.8 cm³/mol. The van der Waals surface area contributed by atoms with Gasteiger partial charge in [-0.1, -0.05) is 0 Å². The molecule has 2 rings (SSSR count). The summed E-state index contributed by atoms with van der Waals surface area (Å²) in [5.41, 5.74) is 2.85. The lowest BCUT2D eigenvalue weighted by Crippen LogP contribution is -2.46. The van der Waals surface area contributed by atoms with Crippen LogP contribution in [0.1, 0.15) is 23.6 Å². The number of hydrogen-bond donors (Lipinski definition) is 2. The number of guanidine groups is 1. The molecule has 25 heavy (non-hydrogen) atoms. The minimum atomic E-state index is -4.88. The van der Waals surface area contributed by atoms with E-state index in [9.17, 15) is 31.4 Å². The fourth-order valence-corrected chi connectivity index (χ4v) is 2.65. The molecule has 0 fully saturated rings. The number of alkyl halides is 6. The lowest BCUT2D eigenvalue weighted by Gasteiger charge is -2.28. The zero-order valence-electron chi connectivity index (χ0n) is 13.2. The Morgan fingerprint density at radius 1 is 1.16 bits per heavy atom. The summed E-state index contributed by atoms with van der Waals surface area (Å²) in [6.07, 6.45) is -10.7. The van der Waals surface area contributed by atoms with Gasteiger partial charge in [-0.2, -0.15) is 26.3 Å². The van der Waals surface area contributed by atoms with Gasteiger partial charge in [-0.3, -0.25) is 4.99 Å². The first-order chi connectivity index (χ1) is 11.4. The quantitative estimate of drug-likeness (QED) is 0.803. The number of aliphatic imine (C=N–C) groups is 1. The summed E-state index contributed by atoms with van der Waals surface area (Å²) in [6.45, 7) is 1.78. The second-order valence-electron chi connectivity index (χ2n) is 5.86. The molecule has 4 nitrogen and oxygen atoms in total. The zero-order chi connectivity index (χ0) is 19.0. The Balaban J connectivity index is 2.25. The molecular weight excluding hydrogens is 352 g/mol. The highest BCUT2D eigenvalue weighted by Crippen LogP contribution is 2.36. The van der Waals surface area contributed by atoms with E-state index in [0.29, 0.717) is 12.1 Å². The molecule has 1 heterocycles. The molecule has 2 atom stereocenters. The van der Waals surface area contributed by atoms with Crippen LogP contribution >= 0.6 is 0 Å². The fourth-order valence-electron chi connectivity index (χ4n) is 2.65. The molecule has 1 aliphatic rings. The molecule has 0 aromatic heterocycles. The van der Waals surface area contributed by atoms with Crippen molar-refractivity contribution >= 4 is 5.96 Å². The van der Waals surface area contributed by atoms with Crippen molar-refractivity contribution in [2.75, 3.05) is 13.1 Å². The van der Waals surface area contributed by atoms with Gasteiger partial charge in [0.15, 0.2) is 5.96 Å². The third-order valence-corrected chi connectivity index (χ3v) is 3.98. The Labute approximate surface area is 139 Å². The smallest absolute Gasteiger partial charge is 0.391 e. The summed E-state index contributed by atoms with van der Waals surface area (Å²) in [5, 5.41) is 9.67. The van der Waals surface area contributed by atoms with Crippen LogP contribution < -0.4 is 5.73 Å². The maximum Gasteiger partial charge on any atom is 0.416 e. The number of halogens is 6. The molecule has 0 saturated carbocycles. The minimum absolute atomic E-state index is 0.0451. The third-order valence-electron chi connectivity index (χ3n) is 3.98. The van der Waals surface area contributed by atoms with E-state index in [4.69, 9.17) is 5.73 Å². The summed E-state index contributed by atoms with van der Waals surface area (Å²) in [5.74, 6) is 0.105. The van der Waals surface area contributed by atoms with Crippen LogP contribution in [0.25, 0.3) is 0 Å². The number of aliphatic hydroxyl groups excluding tert-OH is 1. The van der Waals surface area contributed by atoms with Crippen molar-refractivity contribution < 1.29 is 31.4 Å². The first-order valence-electron chi connectivity index (χ1n) is 7.42. The van der Waals surface area contributed by atoms with Gasteiger partial charge >= 0.3 is 12.4 Å².